The van der Waals surface area contributed by atoms with Crippen molar-refractivity contribution in [2.45, 2.75) is 0 Å². The van der Waals surface area contributed by atoms with Crippen LogP contribution in [-0.4, -0.2) is 25.5 Å². The lowest BCUT2D eigenvalue weighted by Gasteiger charge is -2.05. The predicted molar refractivity (Wildman–Crippen MR) is 74.9 cm³/mol. The van der Waals surface area contributed by atoms with E-state index in [2.05, 4.69) is 32.2 Å². The molecule has 0 saturated heterocycles. The van der Waals surface area contributed by atoms with E-state index in [4.69, 9.17) is 15.7 Å². The number of pyridine rings is 1. The van der Waals surface area contributed by atoms with Crippen LogP contribution < -0.4 is 10.5 Å². The van der Waals surface area contributed by atoms with Crippen molar-refractivity contribution < 1.29 is 9.53 Å². The molecule has 21 heavy (non-hydrogen) atoms. The van der Waals surface area contributed by atoms with Crippen molar-refractivity contribution in [1.29, 1.82) is 5.26 Å². The molecule has 0 aliphatic rings. The van der Waals surface area contributed by atoms with Crippen LogP contribution in [0.1, 0.15) is 5.56 Å². The average molecular weight is 347 g/mol. The van der Waals surface area contributed by atoms with E-state index in [1.165, 1.54) is 23.3 Å². The Labute approximate surface area is 126 Å². The van der Waals surface area contributed by atoms with Gasteiger partial charge in [0.25, 0.3) is 0 Å². The van der Waals surface area contributed by atoms with Gasteiger partial charge in [-0.2, -0.15) is 15.5 Å². The highest BCUT2D eigenvalue weighted by atomic mass is 79.9. The number of nitrogens with two attached hydrogens (primary N) is 1. The average Bonchev–Trinajstić information content (AvgIpc) is 3.03. The van der Waals surface area contributed by atoms with Crippen molar-refractivity contribution in [3.05, 3.63) is 40.9 Å². The maximum absolute atomic E-state index is 10.7. The van der Waals surface area contributed by atoms with Crippen LogP contribution in [0.15, 0.2) is 35.3 Å². The number of carbonyl (C=O) groups excluding carboxylic acids is 1. The van der Waals surface area contributed by atoms with Gasteiger partial charge in [-0.1, -0.05) is 0 Å². The fourth-order valence-corrected chi connectivity index (χ4v) is 2.34. The van der Waals surface area contributed by atoms with Crippen LogP contribution in [0.3, 0.4) is 0 Å². The van der Waals surface area contributed by atoms with Crippen LogP contribution in [0.25, 0.3) is 11.2 Å². The molecule has 3 rings (SSSR count). The number of nitriles is 1. The van der Waals surface area contributed by atoms with Gasteiger partial charge in [-0.25, -0.2) is 14.0 Å². The van der Waals surface area contributed by atoms with Gasteiger partial charge in [0.15, 0.2) is 5.75 Å². The Bertz CT molecular complexity index is 891. The van der Waals surface area contributed by atoms with Crippen molar-refractivity contribution in [2.75, 3.05) is 0 Å². The number of ether oxygens (including phenoxy) is 1. The van der Waals surface area contributed by atoms with Crippen LogP contribution in [-0.2, 0) is 0 Å². The summed E-state index contributed by atoms with van der Waals surface area (Å²) in [5.41, 5.74) is 6.56. The van der Waals surface area contributed by atoms with Gasteiger partial charge in [-0.15, -0.1) is 0 Å². The first-order valence-corrected chi connectivity index (χ1v) is 6.47. The van der Waals surface area contributed by atoms with E-state index >= 15 is 0 Å². The zero-order valence-corrected chi connectivity index (χ0v) is 12.0. The maximum Gasteiger partial charge on any atom is 0.410 e. The molecular weight excluding hydrogens is 340 g/mol. The molecule has 0 bridgehead atoms. The van der Waals surface area contributed by atoms with Gasteiger partial charge in [-0.3, -0.25) is 0 Å². The second kappa shape index (κ2) is 4.92. The van der Waals surface area contributed by atoms with Crippen LogP contribution in [0.2, 0.25) is 0 Å². The van der Waals surface area contributed by atoms with E-state index in [-0.39, 0.29) is 5.75 Å². The third kappa shape index (κ3) is 2.32. The summed E-state index contributed by atoms with van der Waals surface area (Å²) in [5, 5.41) is 17.4. The molecule has 0 fully saturated rings. The number of nitrogens with zero attached hydrogens (tertiary/aromatic N) is 5. The van der Waals surface area contributed by atoms with Crippen LogP contribution in [0.4, 0.5) is 4.79 Å². The lowest BCUT2D eigenvalue weighted by Crippen LogP contribution is -2.15. The Balaban J connectivity index is 2.19. The zero-order chi connectivity index (χ0) is 15.0. The summed E-state index contributed by atoms with van der Waals surface area (Å²) in [5.74, 6) is 0.207. The molecule has 0 aliphatic carbocycles. The molecule has 0 aromatic carbocycles. The van der Waals surface area contributed by atoms with E-state index in [1.54, 1.807) is 16.8 Å². The third-order valence-corrected chi connectivity index (χ3v) is 3.14. The predicted octanol–water partition coefficient (Wildman–Crippen LogP) is 1.61. The summed E-state index contributed by atoms with van der Waals surface area (Å²) in [6, 6.07) is 3.85. The normalized spacial score (nSPS) is 10.5. The van der Waals surface area contributed by atoms with E-state index < -0.39 is 6.09 Å². The Morgan fingerprint density at radius 1 is 1.38 bits per heavy atom. The number of halogens is 1. The number of fused-ring (bicyclic) bond motifs is 1. The van der Waals surface area contributed by atoms with Gasteiger partial charge >= 0.3 is 6.09 Å². The zero-order valence-electron chi connectivity index (χ0n) is 10.4. The monoisotopic (exact) mass is 346 g/mol. The fraction of sp³-hybridized carbons (Fsp3) is 0. The summed E-state index contributed by atoms with van der Waals surface area (Å²) in [4.78, 5) is 10.7. The van der Waals surface area contributed by atoms with Crippen LogP contribution in [0, 0.1) is 11.3 Å². The van der Waals surface area contributed by atoms with Crippen molar-refractivity contribution in [1.82, 2.24) is 19.4 Å². The van der Waals surface area contributed by atoms with Crippen LogP contribution in [0.5, 0.6) is 5.75 Å². The van der Waals surface area contributed by atoms with E-state index in [1.807, 2.05) is 0 Å². The Kier molecular flexibility index (Phi) is 3.08. The lowest BCUT2D eigenvalue weighted by molar-refractivity contribution is 0.211. The molecular formula is C12H7BrN6O2. The molecule has 104 valence electrons. The lowest BCUT2D eigenvalue weighted by atomic mass is 10.2. The Morgan fingerprint density at radius 2 is 2.19 bits per heavy atom. The van der Waals surface area contributed by atoms with E-state index in [0.717, 1.165) is 4.47 Å². The van der Waals surface area contributed by atoms with Gasteiger partial charge < -0.3 is 10.5 Å². The SMILES string of the molecule is N#Cc1cnn2cc(Br)cc(-n3cc(OC(N)=O)cn3)c12. The number of hydrogen-bond acceptors (Lipinski definition) is 5. The number of aromatic nitrogens is 4. The number of carbonyl (C=O) groups is 1. The van der Waals surface area contributed by atoms with Gasteiger partial charge in [-0.05, 0) is 22.0 Å². The van der Waals surface area contributed by atoms with E-state index in [0.29, 0.717) is 16.8 Å². The highest BCUT2D eigenvalue weighted by molar-refractivity contribution is 9.10. The molecule has 3 heterocycles. The summed E-state index contributed by atoms with van der Waals surface area (Å²) >= 11 is 3.37. The summed E-state index contributed by atoms with van der Waals surface area (Å²) in [6.45, 7) is 0. The van der Waals surface area contributed by atoms with Gasteiger partial charge in [0.05, 0.1) is 29.8 Å². The van der Waals surface area contributed by atoms with Gasteiger partial charge in [0.1, 0.15) is 11.6 Å². The van der Waals surface area contributed by atoms with Crippen molar-refractivity contribution in [3.63, 3.8) is 0 Å². The van der Waals surface area contributed by atoms with Crippen LogP contribution >= 0.6 is 15.9 Å². The largest absolute Gasteiger partial charge is 0.410 e. The molecule has 0 atom stereocenters. The topological polar surface area (TPSA) is 111 Å². The Hall–Kier alpha value is -2.86. The van der Waals surface area contributed by atoms with Crippen molar-refractivity contribution >= 4 is 27.5 Å². The van der Waals surface area contributed by atoms with Gasteiger partial charge in [0, 0.05) is 10.7 Å². The van der Waals surface area contributed by atoms with E-state index in [9.17, 15) is 4.79 Å². The molecule has 0 unspecified atom stereocenters. The summed E-state index contributed by atoms with van der Waals surface area (Å²) in [6.07, 6.45) is 5.11. The second-order valence-corrected chi connectivity index (χ2v) is 4.96. The molecule has 3 aromatic heterocycles. The molecule has 0 radical (unpaired) electrons. The summed E-state index contributed by atoms with van der Waals surface area (Å²) < 4.78 is 8.55. The highest BCUT2D eigenvalue weighted by Crippen LogP contribution is 2.25. The van der Waals surface area contributed by atoms with Crippen molar-refractivity contribution in [2.24, 2.45) is 5.73 Å². The third-order valence-electron chi connectivity index (χ3n) is 2.70. The standard InChI is InChI=1S/C12H7BrN6O2/c13-8-1-10(11-7(2-14)3-16-19(11)5-8)18-6-9(4-17-18)21-12(15)20/h1,3-6H,(H2,15,20). The first-order chi connectivity index (χ1) is 10.1. The molecule has 0 spiro atoms. The van der Waals surface area contributed by atoms with Crippen molar-refractivity contribution in [3.8, 4) is 17.5 Å². The second-order valence-electron chi connectivity index (χ2n) is 4.05. The highest BCUT2D eigenvalue weighted by Gasteiger charge is 2.13. The molecule has 1 amide bonds. The molecule has 0 aliphatic heterocycles. The smallest absolute Gasteiger partial charge is 0.407 e. The quantitative estimate of drug-likeness (QED) is 0.757. The summed E-state index contributed by atoms with van der Waals surface area (Å²) in [7, 11) is 0. The maximum atomic E-state index is 10.7. The molecule has 3 aromatic rings. The molecule has 9 heteroatoms. The Morgan fingerprint density at radius 3 is 2.90 bits per heavy atom. The minimum atomic E-state index is -0.920. The molecule has 0 saturated carbocycles. The fourth-order valence-electron chi connectivity index (χ4n) is 1.93. The molecule has 8 nitrogen and oxygen atoms in total. The number of amides is 1. The first kappa shape index (κ1) is 13.1. The number of rotatable bonds is 2. The molecule has 2 N–H and O–H groups in total. The minimum absolute atomic E-state index is 0.207. The first-order valence-electron chi connectivity index (χ1n) is 5.68. The minimum Gasteiger partial charge on any atom is -0.407 e. The number of hydrogen-bond donors (Lipinski definition) is 1. The number of primary amides is 1. The van der Waals surface area contributed by atoms with Gasteiger partial charge in [0.2, 0.25) is 0 Å².